The van der Waals surface area contributed by atoms with Crippen LogP contribution in [0.15, 0.2) is 46.0 Å². The lowest BCUT2D eigenvalue weighted by atomic mass is 10.2. The average molecular weight is 492 g/mol. The summed E-state index contributed by atoms with van der Waals surface area (Å²) in [5, 5.41) is 10.6. The van der Waals surface area contributed by atoms with Crippen molar-refractivity contribution >= 4 is 46.6 Å². The van der Waals surface area contributed by atoms with Gasteiger partial charge in [-0.15, -0.1) is 10.2 Å². The number of hydrogen-bond acceptors (Lipinski definition) is 6. The van der Waals surface area contributed by atoms with Gasteiger partial charge in [-0.2, -0.15) is 13.2 Å². The maximum absolute atomic E-state index is 12.8. The Morgan fingerprint density at radius 2 is 1.97 bits per heavy atom. The highest BCUT2D eigenvalue weighted by atomic mass is 35.5. The molecule has 3 rings (SSSR count). The van der Waals surface area contributed by atoms with Gasteiger partial charge in [-0.25, -0.2) is 0 Å². The zero-order valence-electron chi connectivity index (χ0n) is 15.8. The minimum atomic E-state index is -4.55. The number of nitrogens with one attached hydrogen (secondary N) is 1. The summed E-state index contributed by atoms with van der Waals surface area (Å²) in [6.07, 6.45) is -4.55. The summed E-state index contributed by atoms with van der Waals surface area (Å²) in [7, 11) is 0. The monoisotopic (exact) mass is 491 g/mol. The first-order valence-electron chi connectivity index (χ1n) is 8.62. The second kappa shape index (κ2) is 9.80. The van der Waals surface area contributed by atoms with Gasteiger partial charge in [0, 0.05) is 5.02 Å². The molecule has 0 aliphatic carbocycles. The van der Waals surface area contributed by atoms with Crippen LogP contribution in [0.4, 0.5) is 18.9 Å². The van der Waals surface area contributed by atoms with Crippen molar-refractivity contribution in [3.8, 4) is 5.75 Å². The van der Waals surface area contributed by atoms with Gasteiger partial charge in [0.05, 0.1) is 22.0 Å². The van der Waals surface area contributed by atoms with E-state index in [0.717, 1.165) is 35.5 Å². The molecule has 0 fully saturated rings. The molecule has 1 heterocycles. The number of nitrogens with zero attached hydrogens (tertiary/aromatic N) is 2. The number of alkyl halides is 3. The van der Waals surface area contributed by atoms with Crippen molar-refractivity contribution in [1.82, 2.24) is 10.2 Å². The number of aromatic nitrogens is 2. The Bertz CT molecular complexity index is 1090. The first kappa shape index (κ1) is 23.2. The molecule has 1 N–H and O–H groups in total. The fraction of sp³-hybridized carbons (Fsp3) is 0.211. The number of hydrogen-bond donors (Lipinski definition) is 1. The molecular formula is C19H14Cl2F3N3O3S. The molecule has 0 aliphatic rings. The van der Waals surface area contributed by atoms with Crippen LogP contribution in [-0.2, 0) is 17.6 Å². The second-order valence-electron chi connectivity index (χ2n) is 6.19. The number of aryl methyl sites for hydroxylation is 1. The van der Waals surface area contributed by atoms with Crippen LogP contribution in [0.1, 0.15) is 17.0 Å². The normalized spacial score (nSPS) is 11.4. The number of carbonyl (C=O) groups is 1. The molecule has 164 valence electrons. The van der Waals surface area contributed by atoms with Crippen LogP contribution in [0.2, 0.25) is 10.0 Å². The van der Waals surface area contributed by atoms with Crippen molar-refractivity contribution in [3.05, 3.63) is 63.5 Å². The molecule has 0 atom stereocenters. The highest BCUT2D eigenvalue weighted by molar-refractivity contribution is 7.99. The first-order chi connectivity index (χ1) is 14.6. The molecule has 6 nitrogen and oxygen atoms in total. The van der Waals surface area contributed by atoms with Crippen LogP contribution >= 0.6 is 35.0 Å². The summed E-state index contributed by atoms with van der Waals surface area (Å²) >= 11 is 12.7. The smallest absolute Gasteiger partial charge is 0.416 e. The SMILES string of the molecule is Cc1cc(Cl)ccc1OCc1nnc(SCC(=O)Nc2cc(C(F)(F)F)ccc2Cl)o1. The van der Waals surface area contributed by atoms with Crippen molar-refractivity contribution < 1.29 is 27.1 Å². The molecule has 0 saturated heterocycles. The number of anilines is 1. The molecule has 31 heavy (non-hydrogen) atoms. The third-order valence-corrected chi connectivity index (χ3v) is 5.21. The number of amides is 1. The third-order valence-electron chi connectivity index (χ3n) is 3.83. The number of rotatable bonds is 7. The Labute approximate surface area is 189 Å². The third kappa shape index (κ3) is 6.52. The predicted octanol–water partition coefficient (Wildman–Crippen LogP) is 6.01. The molecule has 0 spiro atoms. The Morgan fingerprint density at radius 1 is 1.19 bits per heavy atom. The summed E-state index contributed by atoms with van der Waals surface area (Å²) < 4.78 is 49.4. The fourth-order valence-electron chi connectivity index (χ4n) is 2.38. The number of benzene rings is 2. The molecule has 0 bridgehead atoms. The highest BCUT2D eigenvalue weighted by Gasteiger charge is 2.31. The lowest BCUT2D eigenvalue weighted by molar-refractivity contribution is -0.137. The molecule has 12 heteroatoms. The number of ether oxygens (including phenoxy) is 1. The summed E-state index contributed by atoms with van der Waals surface area (Å²) in [4.78, 5) is 12.1. The van der Waals surface area contributed by atoms with Crippen molar-refractivity contribution in [2.45, 2.75) is 24.9 Å². The second-order valence-corrected chi connectivity index (χ2v) is 7.96. The zero-order valence-corrected chi connectivity index (χ0v) is 18.1. The van der Waals surface area contributed by atoms with Gasteiger partial charge in [0.25, 0.3) is 11.1 Å². The molecule has 1 aromatic heterocycles. The van der Waals surface area contributed by atoms with E-state index in [1.165, 1.54) is 0 Å². The Hall–Kier alpha value is -2.43. The van der Waals surface area contributed by atoms with Gasteiger partial charge < -0.3 is 14.5 Å². The zero-order chi connectivity index (χ0) is 22.6. The van der Waals surface area contributed by atoms with Crippen LogP contribution in [0.5, 0.6) is 5.75 Å². The van der Waals surface area contributed by atoms with Crippen LogP contribution in [0, 0.1) is 6.92 Å². The fourth-order valence-corrected chi connectivity index (χ4v) is 3.35. The van der Waals surface area contributed by atoms with E-state index in [0.29, 0.717) is 10.8 Å². The van der Waals surface area contributed by atoms with Crippen molar-refractivity contribution in [2.75, 3.05) is 11.1 Å². The maximum atomic E-state index is 12.8. The van der Waals surface area contributed by atoms with Gasteiger partial charge in [0.1, 0.15) is 5.75 Å². The lowest BCUT2D eigenvalue weighted by Crippen LogP contribution is -2.15. The van der Waals surface area contributed by atoms with E-state index in [1.807, 2.05) is 6.92 Å². The first-order valence-corrected chi connectivity index (χ1v) is 10.4. The van der Waals surface area contributed by atoms with E-state index in [2.05, 4.69) is 15.5 Å². The van der Waals surface area contributed by atoms with Gasteiger partial charge in [-0.05, 0) is 48.9 Å². The van der Waals surface area contributed by atoms with E-state index < -0.39 is 17.6 Å². The summed E-state index contributed by atoms with van der Waals surface area (Å²) in [5.41, 5.74) is -0.219. The molecular weight excluding hydrogens is 478 g/mol. The van der Waals surface area contributed by atoms with E-state index in [4.69, 9.17) is 32.4 Å². The van der Waals surface area contributed by atoms with Gasteiger partial charge in [-0.1, -0.05) is 35.0 Å². The molecule has 0 saturated carbocycles. The quantitative estimate of drug-likeness (QED) is 0.407. The molecule has 0 radical (unpaired) electrons. The van der Waals surface area contributed by atoms with E-state index >= 15 is 0 Å². The molecule has 0 unspecified atom stereocenters. The van der Waals surface area contributed by atoms with Gasteiger partial charge >= 0.3 is 6.18 Å². The Morgan fingerprint density at radius 3 is 2.68 bits per heavy atom. The van der Waals surface area contributed by atoms with E-state index in [1.54, 1.807) is 18.2 Å². The van der Waals surface area contributed by atoms with E-state index in [9.17, 15) is 18.0 Å². The van der Waals surface area contributed by atoms with Crippen LogP contribution < -0.4 is 10.1 Å². The van der Waals surface area contributed by atoms with Crippen LogP contribution in [0.3, 0.4) is 0 Å². The van der Waals surface area contributed by atoms with E-state index in [-0.39, 0.29) is 34.2 Å². The van der Waals surface area contributed by atoms with Gasteiger partial charge in [-0.3, -0.25) is 4.79 Å². The van der Waals surface area contributed by atoms with Crippen LogP contribution in [-0.4, -0.2) is 21.9 Å². The van der Waals surface area contributed by atoms with Gasteiger partial charge in [0.15, 0.2) is 6.61 Å². The molecule has 0 aliphatic heterocycles. The lowest BCUT2D eigenvalue weighted by Gasteiger charge is -2.11. The minimum Gasteiger partial charge on any atom is -0.484 e. The topological polar surface area (TPSA) is 77.2 Å². The summed E-state index contributed by atoms with van der Waals surface area (Å²) in [6.45, 7) is 1.85. The predicted molar refractivity (Wildman–Crippen MR) is 111 cm³/mol. The van der Waals surface area contributed by atoms with Crippen LogP contribution in [0.25, 0.3) is 0 Å². The number of carbonyl (C=O) groups excluding carboxylic acids is 1. The largest absolute Gasteiger partial charge is 0.484 e. The number of halogens is 5. The summed E-state index contributed by atoms with van der Waals surface area (Å²) in [6, 6.07) is 7.83. The highest BCUT2D eigenvalue weighted by Crippen LogP contribution is 2.34. The minimum absolute atomic E-state index is 0.0129. The molecule has 2 aromatic carbocycles. The Balaban J connectivity index is 1.53. The van der Waals surface area contributed by atoms with Crippen molar-refractivity contribution in [2.24, 2.45) is 0 Å². The van der Waals surface area contributed by atoms with Crippen molar-refractivity contribution in [1.29, 1.82) is 0 Å². The maximum Gasteiger partial charge on any atom is 0.416 e. The average Bonchev–Trinajstić information content (AvgIpc) is 3.14. The number of thioether (sulfide) groups is 1. The van der Waals surface area contributed by atoms with Crippen molar-refractivity contribution in [3.63, 3.8) is 0 Å². The molecule has 1 amide bonds. The Kier molecular flexibility index (Phi) is 7.34. The molecule has 3 aromatic rings. The standard InChI is InChI=1S/C19H14Cl2F3N3O3S/c1-10-6-12(20)3-5-15(10)29-8-17-26-27-18(30-17)31-9-16(28)25-14-7-11(19(22,23)24)2-4-13(14)21/h2-7H,8-9H2,1H3,(H,25,28). The van der Waals surface area contributed by atoms with Gasteiger partial charge in [0.2, 0.25) is 5.91 Å². The summed E-state index contributed by atoms with van der Waals surface area (Å²) in [5.74, 6) is 0.0390.